The Labute approximate surface area is 73.1 Å². The molecule has 0 bridgehead atoms. The molecule has 0 amide bonds. The Morgan fingerprint density at radius 1 is 2.09 bits per heavy atom. The topological polar surface area (TPSA) is 26.3 Å². The Hall–Kier alpha value is -0.280. The van der Waals surface area contributed by atoms with Gasteiger partial charge in [-0.3, -0.25) is 4.79 Å². The van der Waals surface area contributed by atoms with E-state index in [9.17, 15) is 4.79 Å². The molecule has 0 fully saturated rings. The van der Waals surface area contributed by atoms with Crippen LogP contribution in [0.1, 0.15) is 13.8 Å². The fourth-order valence-electron chi connectivity index (χ4n) is 1.03. The summed E-state index contributed by atoms with van der Waals surface area (Å²) in [4.78, 5) is 9.88. The van der Waals surface area contributed by atoms with Crippen LogP contribution in [0.2, 0.25) is 0 Å². The van der Waals surface area contributed by atoms with Gasteiger partial charge in [0.05, 0.1) is 6.61 Å². The maximum Gasteiger partial charge on any atom is 0.149 e. The zero-order chi connectivity index (χ0) is 9.19. The number of hydrogen-bond donors (Lipinski definition) is 1. The van der Waals surface area contributed by atoms with E-state index in [4.69, 9.17) is 5.86 Å². The van der Waals surface area contributed by atoms with E-state index in [2.05, 4.69) is 0 Å². The van der Waals surface area contributed by atoms with Crippen LogP contribution in [0, 0.1) is 5.92 Å². The molecule has 0 saturated heterocycles. The molecule has 2 nitrogen and oxygen atoms in total. The third-order valence-corrected chi connectivity index (χ3v) is 2.09. The van der Waals surface area contributed by atoms with Crippen molar-refractivity contribution in [3.8, 4) is 0 Å². The third-order valence-electron chi connectivity index (χ3n) is 1.74. The Morgan fingerprint density at radius 2 is 2.82 bits per heavy atom. The average molecular weight is 173 g/mol. The maximum absolute atomic E-state index is 10.6. The van der Waals surface area contributed by atoms with Gasteiger partial charge in [0.2, 0.25) is 0 Å². The van der Waals surface area contributed by atoms with Gasteiger partial charge in [0.1, 0.15) is 12.3 Å². The van der Waals surface area contributed by atoms with Crippen LogP contribution < -0.4 is 0 Å². The second-order valence-electron chi connectivity index (χ2n) is 2.97. The molecule has 0 aromatic carbocycles. The summed E-state index contributed by atoms with van der Waals surface area (Å²) in [5, 5.41) is 0. The molecule has 0 aliphatic carbocycles. The standard InChI is InChI=1S/C8H12O2S/c1-6-3-7(4-9)8(2,11)10-5-6/h3-4,6,11H,5H2,1-2H3/i/hD. The molecule has 1 aliphatic rings. The lowest BCUT2D eigenvalue weighted by molar-refractivity contribution is -0.106. The first-order valence-electron chi connectivity index (χ1n) is 3.99. The Balaban J connectivity index is 2.91. The number of ether oxygens (including phenoxy) is 1. The number of thiol groups is 1. The Kier molecular flexibility index (Phi) is 2.00. The second-order valence-corrected chi connectivity index (χ2v) is 3.75. The van der Waals surface area contributed by atoms with Crippen molar-refractivity contribution in [3.05, 3.63) is 11.6 Å². The molecule has 11 heavy (non-hydrogen) atoms. The molecule has 0 radical (unpaired) electrons. The van der Waals surface area contributed by atoms with Crippen LogP contribution in [-0.4, -0.2) is 18.9 Å². The molecular weight excluding hydrogens is 160 g/mol. The monoisotopic (exact) mass is 173 g/mol. The third kappa shape index (κ3) is 1.84. The molecule has 2 atom stereocenters. The van der Waals surface area contributed by atoms with Crippen LogP contribution in [0.4, 0.5) is 0 Å². The predicted molar refractivity (Wildman–Crippen MR) is 46.7 cm³/mol. The first kappa shape index (κ1) is 7.37. The van der Waals surface area contributed by atoms with E-state index in [1.807, 2.05) is 13.0 Å². The number of hydrogen-bond acceptors (Lipinski definition) is 3. The van der Waals surface area contributed by atoms with Crippen LogP contribution in [0.25, 0.3) is 0 Å². The number of rotatable bonds is 2. The summed E-state index contributed by atoms with van der Waals surface area (Å²) in [7, 11) is 0. The van der Waals surface area contributed by atoms with Gasteiger partial charge in [-0.05, 0) is 12.8 Å². The second kappa shape index (κ2) is 2.99. The van der Waals surface area contributed by atoms with Crippen molar-refractivity contribution in [2.45, 2.75) is 18.8 Å². The van der Waals surface area contributed by atoms with Gasteiger partial charge in [-0.2, -0.15) is 0 Å². The summed E-state index contributed by atoms with van der Waals surface area (Å²) >= 11 is 0.811. The van der Waals surface area contributed by atoms with Gasteiger partial charge < -0.3 is 4.74 Å². The van der Waals surface area contributed by atoms with Gasteiger partial charge in [-0.25, -0.2) is 0 Å². The maximum atomic E-state index is 10.6. The highest BCUT2D eigenvalue weighted by atomic mass is 32.1. The normalized spacial score (nSPS) is 39.3. The minimum atomic E-state index is -0.756. The summed E-state index contributed by atoms with van der Waals surface area (Å²) in [5.41, 5.74) is 0.571. The van der Waals surface area contributed by atoms with Gasteiger partial charge in [0.25, 0.3) is 0 Å². The van der Waals surface area contributed by atoms with E-state index < -0.39 is 4.93 Å². The Bertz CT molecular complexity index is 217. The molecule has 0 spiro atoms. The fraction of sp³-hybridized carbons (Fsp3) is 0.625. The van der Waals surface area contributed by atoms with Gasteiger partial charge >= 0.3 is 0 Å². The highest BCUT2D eigenvalue weighted by Gasteiger charge is 2.29. The number of aldehydes is 1. The quantitative estimate of drug-likeness (QED) is 0.505. The van der Waals surface area contributed by atoms with E-state index in [-0.39, 0.29) is 5.92 Å². The highest BCUT2D eigenvalue weighted by molar-refractivity contribution is 7.81. The molecule has 2 unspecified atom stereocenters. The zero-order valence-corrected chi connectivity index (χ0v) is 7.48. The molecule has 1 heterocycles. The molecule has 3 heteroatoms. The molecular formula is C8H12O2S. The van der Waals surface area contributed by atoms with Crippen LogP contribution in [0.15, 0.2) is 11.6 Å². The van der Waals surface area contributed by atoms with E-state index in [0.717, 1.165) is 18.8 Å². The van der Waals surface area contributed by atoms with E-state index in [0.29, 0.717) is 12.2 Å². The fourth-order valence-corrected chi connectivity index (χ4v) is 1.21. The van der Waals surface area contributed by atoms with Crippen molar-refractivity contribution >= 4 is 18.8 Å². The predicted octanol–water partition coefficient (Wildman–Crippen LogP) is 1.42. The molecule has 0 aromatic heterocycles. The first-order valence-corrected chi connectivity index (χ1v) is 3.99. The minimum Gasteiger partial charge on any atom is -0.360 e. The SMILES string of the molecule is [2H]SC1(C)OCC(C)C=C1C=O. The van der Waals surface area contributed by atoms with Crippen molar-refractivity contribution < 1.29 is 9.53 Å². The van der Waals surface area contributed by atoms with Crippen LogP contribution in [0.5, 0.6) is 0 Å². The lowest BCUT2D eigenvalue weighted by Gasteiger charge is -2.30. The average Bonchev–Trinajstić information content (AvgIpc) is 2.09. The van der Waals surface area contributed by atoms with Crippen LogP contribution in [-0.2, 0) is 9.53 Å². The molecule has 1 rings (SSSR count). The van der Waals surface area contributed by atoms with Crippen molar-refractivity contribution in [1.29, 1.82) is 1.12 Å². The molecule has 0 saturated carbocycles. The van der Waals surface area contributed by atoms with Gasteiger partial charge in [-0.15, -0.1) is 12.5 Å². The highest BCUT2D eigenvalue weighted by Crippen LogP contribution is 2.30. The van der Waals surface area contributed by atoms with Gasteiger partial charge in [-0.1, -0.05) is 13.0 Å². The smallest absolute Gasteiger partial charge is 0.149 e. The van der Waals surface area contributed by atoms with E-state index >= 15 is 0 Å². The van der Waals surface area contributed by atoms with Crippen LogP contribution >= 0.6 is 12.5 Å². The van der Waals surface area contributed by atoms with Crippen LogP contribution in [0.3, 0.4) is 0 Å². The summed E-state index contributed by atoms with van der Waals surface area (Å²) < 4.78 is 12.6. The van der Waals surface area contributed by atoms with Gasteiger partial charge in [0.15, 0.2) is 0 Å². The molecule has 62 valence electrons. The van der Waals surface area contributed by atoms with E-state index in [1.165, 1.54) is 0 Å². The first-order chi connectivity index (χ1) is 5.62. The largest absolute Gasteiger partial charge is 0.360 e. The summed E-state index contributed by atoms with van der Waals surface area (Å²) in [6.07, 6.45) is 2.65. The lowest BCUT2D eigenvalue weighted by atomic mass is 10.0. The van der Waals surface area contributed by atoms with Gasteiger partial charge in [0, 0.05) is 5.57 Å². The minimum absolute atomic E-state index is 0.269. The van der Waals surface area contributed by atoms with Crippen molar-refractivity contribution in [2.75, 3.05) is 6.61 Å². The summed E-state index contributed by atoms with van der Waals surface area (Å²) in [5.74, 6) is 0.269. The summed E-state index contributed by atoms with van der Waals surface area (Å²) in [6, 6.07) is 0. The van der Waals surface area contributed by atoms with Crippen molar-refractivity contribution in [1.82, 2.24) is 0 Å². The lowest BCUT2D eigenvalue weighted by Crippen LogP contribution is -2.31. The number of carbonyl (C=O) groups is 1. The Morgan fingerprint density at radius 3 is 3.36 bits per heavy atom. The van der Waals surface area contributed by atoms with E-state index in [1.54, 1.807) is 6.92 Å². The van der Waals surface area contributed by atoms with Crippen molar-refractivity contribution in [2.24, 2.45) is 5.92 Å². The summed E-state index contributed by atoms with van der Waals surface area (Å²) in [6.45, 7) is 4.31. The zero-order valence-electron chi connectivity index (χ0n) is 7.66. The molecule has 1 aliphatic heterocycles. The van der Waals surface area contributed by atoms with Crippen molar-refractivity contribution in [3.63, 3.8) is 0 Å². The molecule has 0 N–H and O–H groups in total. The number of carbonyl (C=O) groups excluding carboxylic acids is 1. The molecule has 0 aromatic rings.